The van der Waals surface area contributed by atoms with E-state index < -0.39 is 0 Å². The van der Waals surface area contributed by atoms with Crippen molar-refractivity contribution in [1.29, 1.82) is 0 Å². The summed E-state index contributed by atoms with van der Waals surface area (Å²) in [4.78, 5) is 10.9. The Balaban J connectivity index is 0.00000441. The minimum Gasteiger partial charge on any atom is -0.383 e. The van der Waals surface area contributed by atoms with Gasteiger partial charge in [-0.15, -0.1) is 24.0 Å². The van der Waals surface area contributed by atoms with Crippen molar-refractivity contribution in [3.8, 4) is 0 Å². The molecule has 1 unspecified atom stereocenters. The molecule has 1 aromatic rings. The molecule has 0 amide bonds. The maximum Gasteiger partial charge on any atom is 0.191 e. The molecule has 0 bridgehead atoms. The lowest BCUT2D eigenvalue weighted by Gasteiger charge is -2.17. The third-order valence-corrected chi connectivity index (χ3v) is 2.83. The van der Waals surface area contributed by atoms with Crippen LogP contribution >= 0.6 is 24.0 Å². The topological polar surface area (TPSA) is 61.8 Å². The summed E-state index contributed by atoms with van der Waals surface area (Å²) in [6.07, 6.45) is 1.81. The van der Waals surface area contributed by atoms with Gasteiger partial charge < -0.3 is 20.3 Å². The minimum atomic E-state index is 0. The maximum atomic E-state index is 5.13. The molecular formula is C15H28IN5O. The highest BCUT2D eigenvalue weighted by Crippen LogP contribution is 2.10. The molecule has 7 heteroatoms. The van der Waals surface area contributed by atoms with Gasteiger partial charge in [0.1, 0.15) is 5.82 Å². The number of pyridine rings is 1. The SMILES string of the molecule is CCNC(=NCc1ccnc(N(C)C)c1)NC(C)COC.I. The normalized spacial score (nSPS) is 12.3. The van der Waals surface area contributed by atoms with Gasteiger partial charge in [-0.05, 0) is 31.5 Å². The Kier molecular flexibility index (Phi) is 10.9. The van der Waals surface area contributed by atoms with E-state index in [4.69, 9.17) is 4.74 Å². The summed E-state index contributed by atoms with van der Waals surface area (Å²) in [7, 11) is 5.66. The van der Waals surface area contributed by atoms with Gasteiger partial charge in [-0.3, -0.25) is 0 Å². The first-order valence-corrected chi connectivity index (χ1v) is 7.22. The number of hydrogen-bond donors (Lipinski definition) is 2. The number of aromatic nitrogens is 1. The van der Waals surface area contributed by atoms with E-state index in [9.17, 15) is 0 Å². The molecule has 2 N–H and O–H groups in total. The summed E-state index contributed by atoms with van der Waals surface area (Å²) in [5, 5.41) is 6.55. The first-order valence-electron chi connectivity index (χ1n) is 7.22. The van der Waals surface area contributed by atoms with E-state index in [0.717, 1.165) is 23.9 Å². The van der Waals surface area contributed by atoms with E-state index in [1.54, 1.807) is 7.11 Å². The number of hydrogen-bond acceptors (Lipinski definition) is 4. The van der Waals surface area contributed by atoms with E-state index >= 15 is 0 Å². The Hall–Kier alpha value is -1.09. The van der Waals surface area contributed by atoms with Gasteiger partial charge in [-0.1, -0.05) is 0 Å². The molecule has 1 aromatic heterocycles. The molecule has 0 saturated carbocycles. The number of aliphatic imine (C=N–C) groups is 1. The van der Waals surface area contributed by atoms with E-state index in [1.807, 2.05) is 37.3 Å². The van der Waals surface area contributed by atoms with Crippen LogP contribution in [-0.2, 0) is 11.3 Å². The van der Waals surface area contributed by atoms with Crippen LogP contribution in [-0.4, -0.2) is 51.3 Å². The van der Waals surface area contributed by atoms with Gasteiger partial charge in [0.25, 0.3) is 0 Å². The number of ether oxygens (including phenoxy) is 1. The van der Waals surface area contributed by atoms with Gasteiger partial charge in [0.05, 0.1) is 13.2 Å². The Morgan fingerprint density at radius 2 is 2.18 bits per heavy atom. The zero-order chi connectivity index (χ0) is 15.7. The summed E-state index contributed by atoms with van der Waals surface area (Å²) in [5.41, 5.74) is 1.13. The van der Waals surface area contributed by atoms with E-state index in [2.05, 4.69) is 34.5 Å². The van der Waals surface area contributed by atoms with Crippen molar-refractivity contribution in [2.45, 2.75) is 26.4 Å². The molecule has 1 atom stereocenters. The average Bonchev–Trinajstić information content (AvgIpc) is 2.45. The predicted octanol–water partition coefficient (Wildman–Crippen LogP) is 1.86. The molecule has 0 radical (unpaired) electrons. The smallest absolute Gasteiger partial charge is 0.191 e. The Bertz CT molecular complexity index is 453. The zero-order valence-corrected chi connectivity index (χ0v) is 16.4. The second kappa shape index (κ2) is 11.5. The van der Waals surface area contributed by atoms with Crippen molar-refractivity contribution in [3.05, 3.63) is 23.9 Å². The van der Waals surface area contributed by atoms with Crippen LogP contribution < -0.4 is 15.5 Å². The summed E-state index contributed by atoms with van der Waals surface area (Å²) in [6, 6.07) is 4.24. The van der Waals surface area contributed by atoms with Gasteiger partial charge in [0, 0.05) is 40.0 Å². The fourth-order valence-corrected chi connectivity index (χ4v) is 1.82. The highest BCUT2D eigenvalue weighted by Gasteiger charge is 2.05. The zero-order valence-electron chi connectivity index (χ0n) is 14.1. The number of nitrogens with zero attached hydrogens (tertiary/aromatic N) is 3. The van der Waals surface area contributed by atoms with Crippen molar-refractivity contribution in [2.75, 3.05) is 39.3 Å². The minimum absolute atomic E-state index is 0. The molecule has 1 rings (SSSR count). The van der Waals surface area contributed by atoms with Crippen LogP contribution in [0, 0.1) is 0 Å². The van der Waals surface area contributed by atoms with Gasteiger partial charge in [0.2, 0.25) is 0 Å². The lowest BCUT2D eigenvalue weighted by molar-refractivity contribution is 0.179. The molecule has 1 heterocycles. The van der Waals surface area contributed by atoms with Gasteiger partial charge >= 0.3 is 0 Å². The second-order valence-electron chi connectivity index (χ2n) is 5.11. The number of methoxy groups -OCH3 is 1. The number of guanidine groups is 1. The Labute approximate surface area is 150 Å². The van der Waals surface area contributed by atoms with Crippen molar-refractivity contribution < 1.29 is 4.74 Å². The van der Waals surface area contributed by atoms with Crippen molar-refractivity contribution in [1.82, 2.24) is 15.6 Å². The lowest BCUT2D eigenvalue weighted by Crippen LogP contribution is -2.43. The lowest BCUT2D eigenvalue weighted by atomic mass is 10.2. The Morgan fingerprint density at radius 1 is 1.45 bits per heavy atom. The monoisotopic (exact) mass is 421 g/mol. The predicted molar refractivity (Wildman–Crippen MR) is 103 cm³/mol. The van der Waals surface area contributed by atoms with Crippen LogP contribution in [0.5, 0.6) is 0 Å². The van der Waals surface area contributed by atoms with E-state index in [-0.39, 0.29) is 30.0 Å². The first kappa shape index (κ1) is 20.9. The standard InChI is InChI=1S/C15H27N5O.HI/c1-6-16-15(19-12(2)11-21-5)18-10-13-7-8-17-14(9-13)20(3)4;/h7-9,12H,6,10-11H2,1-5H3,(H2,16,18,19);1H. The number of halogens is 1. The van der Waals surface area contributed by atoms with Crippen LogP contribution in [0.15, 0.2) is 23.3 Å². The highest BCUT2D eigenvalue weighted by atomic mass is 127. The number of nitrogens with one attached hydrogen (secondary N) is 2. The van der Waals surface area contributed by atoms with Crippen LogP contribution in [0.4, 0.5) is 5.82 Å². The molecule has 0 aliphatic rings. The van der Waals surface area contributed by atoms with Gasteiger partial charge in [0.15, 0.2) is 5.96 Å². The molecular weight excluding hydrogens is 393 g/mol. The summed E-state index contributed by atoms with van der Waals surface area (Å²) < 4.78 is 5.13. The van der Waals surface area contributed by atoms with Crippen LogP contribution in [0.3, 0.4) is 0 Å². The molecule has 0 saturated heterocycles. The molecule has 126 valence electrons. The maximum absolute atomic E-state index is 5.13. The van der Waals surface area contributed by atoms with Crippen LogP contribution in [0.2, 0.25) is 0 Å². The third-order valence-electron chi connectivity index (χ3n) is 2.83. The van der Waals surface area contributed by atoms with Crippen molar-refractivity contribution in [2.24, 2.45) is 4.99 Å². The van der Waals surface area contributed by atoms with E-state index in [1.165, 1.54) is 0 Å². The molecule has 0 aliphatic heterocycles. The second-order valence-corrected chi connectivity index (χ2v) is 5.11. The number of rotatable bonds is 7. The third kappa shape index (κ3) is 7.79. The molecule has 6 nitrogen and oxygen atoms in total. The molecule has 22 heavy (non-hydrogen) atoms. The number of anilines is 1. The molecule has 0 aromatic carbocycles. The summed E-state index contributed by atoms with van der Waals surface area (Å²) >= 11 is 0. The summed E-state index contributed by atoms with van der Waals surface area (Å²) in [5.74, 6) is 1.73. The average molecular weight is 421 g/mol. The quantitative estimate of drug-likeness (QED) is 0.400. The fraction of sp³-hybridized carbons (Fsp3) is 0.600. The molecule has 0 aliphatic carbocycles. The molecule has 0 spiro atoms. The molecule has 0 fully saturated rings. The first-order chi connectivity index (χ1) is 10.1. The van der Waals surface area contributed by atoms with E-state index in [0.29, 0.717) is 13.2 Å². The van der Waals surface area contributed by atoms with Crippen LogP contribution in [0.1, 0.15) is 19.4 Å². The summed E-state index contributed by atoms with van der Waals surface area (Å²) in [6.45, 7) is 6.19. The van der Waals surface area contributed by atoms with Crippen LogP contribution in [0.25, 0.3) is 0 Å². The highest BCUT2D eigenvalue weighted by molar-refractivity contribution is 14.0. The largest absolute Gasteiger partial charge is 0.383 e. The van der Waals surface area contributed by atoms with Crippen molar-refractivity contribution in [3.63, 3.8) is 0 Å². The fourth-order valence-electron chi connectivity index (χ4n) is 1.82. The van der Waals surface area contributed by atoms with Gasteiger partial charge in [-0.25, -0.2) is 9.98 Å². The Morgan fingerprint density at radius 3 is 2.77 bits per heavy atom. The van der Waals surface area contributed by atoms with Gasteiger partial charge in [-0.2, -0.15) is 0 Å². The van der Waals surface area contributed by atoms with Crippen molar-refractivity contribution >= 4 is 35.8 Å².